The van der Waals surface area contributed by atoms with E-state index < -0.39 is 0 Å². The van der Waals surface area contributed by atoms with Gasteiger partial charge in [0.1, 0.15) is 0 Å². The van der Waals surface area contributed by atoms with Crippen molar-refractivity contribution >= 4 is 5.78 Å². The van der Waals surface area contributed by atoms with E-state index in [-0.39, 0.29) is 5.78 Å². The van der Waals surface area contributed by atoms with Gasteiger partial charge in [0, 0.05) is 24.7 Å². The highest BCUT2D eigenvalue weighted by molar-refractivity contribution is 5.94. The molecule has 0 spiro atoms. The van der Waals surface area contributed by atoms with Crippen LogP contribution in [0, 0.1) is 0 Å². The molecule has 0 saturated heterocycles. The number of carbonyl (C=O) groups excluding carboxylic acids is 1. The lowest BCUT2D eigenvalue weighted by atomic mass is 10.1. The summed E-state index contributed by atoms with van der Waals surface area (Å²) in [6.07, 6.45) is 2.36. The number of benzene rings is 1. The van der Waals surface area contributed by atoms with Gasteiger partial charge in [0.25, 0.3) is 0 Å². The van der Waals surface area contributed by atoms with Crippen molar-refractivity contribution in [1.29, 1.82) is 0 Å². The van der Waals surface area contributed by atoms with Gasteiger partial charge in [0.2, 0.25) is 0 Å². The molecule has 0 fully saturated rings. The summed E-state index contributed by atoms with van der Waals surface area (Å²) in [5.74, 6) is 0.190. The van der Waals surface area contributed by atoms with Gasteiger partial charge in [0.15, 0.2) is 5.78 Å². The van der Waals surface area contributed by atoms with Crippen LogP contribution in [0.25, 0.3) is 0 Å². The highest BCUT2D eigenvalue weighted by Gasteiger charge is 1.99. The maximum Gasteiger partial charge on any atom is 0.159 e. The lowest BCUT2D eigenvalue weighted by Crippen LogP contribution is -2.08. The van der Waals surface area contributed by atoms with E-state index in [1.807, 2.05) is 32.0 Å². The van der Waals surface area contributed by atoms with Crippen LogP contribution in [0.15, 0.2) is 42.1 Å². The highest BCUT2D eigenvalue weighted by atomic mass is 16.1. The molecule has 15 heavy (non-hydrogen) atoms. The van der Waals surface area contributed by atoms with Gasteiger partial charge in [-0.05, 0) is 12.5 Å². The Kier molecular flexibility index (Phi) is 4.61. The number of allylic oxidation sites excluding steroid dienone is 1. The van der Waals surface area contributed by atoms with Gasteiger partial charge in [-0.3, -0.25) is 4.79 Å². The molecule has 2 nitrogen and oxygen atoms in total. The molecule has 0 amide bonds. The average Bonchev–Trinajstić information content (AvgIpc) is 2.29. The van der Waals surface area contributed by atoms with Crippen molar-refractivity contribution in [3.8, 4) is 0 Å². The molecule has 0 aliphatic rings. The first kappa shape index (κ1) is 11.5. The Labute approximate surface area is 91.0 Å². The second-order valence-corrected chi connectivity index (χ2v) is 3.47. The molecule has 0 atom stereocenters. The van der Waals surface area contributed by atoms with E-state index in [0.29, 0.717) is 6.42 Å². The molecule has 1 aromatic rings. The lowest BCUT2D eigenvalue weighted by Gasteiger charge is -2.02. The summed E-state index contributed by atoms with van der Waals surface area (Å²) in [6.45, 7) is 4.47. The summed E-state index contributed by atoms with van der Waals surface area (Å²) < 4.78 is 0. The fourth-order valence-corrected chi connectivity index (χ4v) is 1.28. The van der Waals surface area contributed by atoms with Crippen LogP contribution in [0.4, 0.5) is 0 Å². The fourth-order valence-electron chi connectivity index (χ4n) is 1.28. The Morgan fingerprint density at radius 3 is 2.60 bits per heavy atom. The number of rotatable bonds is 5. The molecule has 1 rings (SSSR count). The lowest BCUT2D eigenvalue weighted by molar-refractivity contribution is -0.115. The second kappa shape index (κ2) is 6.02. The van der Waals surface area contributed by atoms with E-state index in [4.69, 9.17) is 0 Å². The Hall–Kier alpha value is -1.57. The molecule has 0 aromatic heterocycles. The van der Waals surface area contributed by atoms with Gasteiger partial charge < -0.3 is 5.32 Å². The number of ketones is 1. The van der Waals surface area contributed by atoms with E-state index in [2.05, 4.69) is 17.4 Å². The Morgan fingerprint density at radius 2 is 2.00 bits per heavy atom. The number of Topliss-reactive ketones (excluding diaryl/α,β-unsaturated/α-hetero) is 1. The van der Waals surface area contributed by atoms with Gasteiger partial charge in [-0.2, -0.15) is 0 Å². The van der Waals surface area contributed by atoms with Gasteiger partial charge in [-0.15, -0.1) is 0 Å². The predicted molar refractivity (Wildman–Crippen MR) is 62.3 cm³/mol. The van der Waals surface area contributed by atoms with Crippen LogP contribution in [0.3, 0.4) is 0 Å². The largest absolute Gasteiger partial charge is 0.386 e. The number of hydrogen-bond donors (Lipinski definition) is 1. The monoisotopic (exact) mass is 203 g/mol. The van der Waals surface area contributed by atoms with E-state index in [0.717, 1.165) is 12.1 Å². The first-order valence-electron chi connectivity index (χ1n) is 5.21. The zero-order chi connectivity index (χ0) is 11.1. The highest BCUT2D eigenvalue weighted by Crippen LogP contribution is 1.99. The first-order valence-corrected chi connectivity index (χ1v) is 5.21. The van der Waals surface area contributed by atoms with Crippen LogP contribution in [-0.4, -0.2) is 5.78 Å². The molecule has 2 heteroatoms. The van der Waals surface area contributed by atoms with Crippen molar-refractivity contribution in [2.75, 3.05) is 0 Å². The smallest absolute Gasteiger partial charge is 0.159 e. The standard InChI is InChI=1S/C13H17NO/c1-3-13(15)11(2)9-14-10-12-7-5-4-6-8-12/h4-9,14H,3,10H2,1-2H3/b11-9+. The van der Waals surface area contributed by atoms with E-state index in [1.54, 1.807) is 6.20 Å². The minimum absolute atomic E-state index is 0.190. The quantitative estimate of drug-likeness (QED) is 0.745. The molecule has 0 heterocycles. The predicted octanol–water partition coefficient (Wildman–Crippen LogP) is 2.66. The molecule has 1 aromatic carbocycles. The number of hydrogen-bond acceptors (Lipinski definition) is 2. The van der Waals surface area contributed by atoms with Crippen LogP contribution >= 0.6 is 0 Å². The Balaban J connectivity index is 2.42. The minimum Gasteiger partial charge on any atom is -0.386 e. The zero-order valence-electron chi connectivity index (χ0n) is 9.29. The van der Waals surface area contributed by atoms with Crippen molar-refractivity contribution in [2.24, 2.45) is 0 Å². The molecule has 0 unspecified atom stereocenters. The topological polar surface area (TPSA) is 29.1 Å². The van der Waals surface area contributed by atoms with Crippen LogP contribution in [0.5, 0.6) is 0 Å². The van der Waals surface area contributed by atoms with Crippen molar-refractivity contribution in [3.05, 3.63) is 47.7 Å². The molecule has 1 N–H and O–H groups in total. The van der Waals surface area contributed by atoms with Crippen molar-refractivity contribution in [2.45, 2.75) is 26.8 Å². The number of carbonyl (C=O) groups is 1. The fraction of sp³-hybridized carbons (Fsp3) is 0.308. The zero-order valence-corrected chi connectivity index (χ0v) is 9.29. The van der Waals surface area contributed by atoms with Crippen molar-refractivity contribution in [3.63, 3.8) is 0 Å². The van der Waals surface area contributed by atoms with Crippen LogP contribution < -0.4 is 5.32 Å². The minimum atomic E-state index is 0.190. The van der Waals surface area contributed by atoms with Crippen molar-refractivity contribution < 1.29 is 4.79 Å². The SMILES string of the molecule is CCC(=O)/C(C)=C/NCc1ccccc1. The average molecular weight is 203 g/mol. The maximum atomic E-state index is 11.2. The summed E-state index contributed by atoms with van der Waals surface area (Å²) in [6, 6.07) is 10.1. The van der Waals surface area contributed by atoms with Gasteiger partial charge in [0.05, 0.1) is 0 Å². The first-order chi connectivity index (χ1) is 7.24. The second-order valence-electron chi connectivity index (χ2n) is 3.47. The van der Waals surface area contributed by atoms with Gasteiger partial charge in [-0.25, -0.2) is 0 Å². The molecular formula is C13H17NO. The number of nitrogens with one attached hydrogen (secondary N) is 1. The third-order valence-corrected chi connectivity index (χ3v) is 2.23. The van der Waals surface area contributed by atoms with Crippen molar-refractivity contribution in [1.82, 2.24) is 5.32 Å². The van der Waals surface area contributed by atoms with Gasteiger partial charge >= 0.3 is 0 Å². The third kappa shape index (κ3) is 3.98. The summed E-state index contributed by atoms with van der Waals surface area (Å²) in [5, 5.41) is 3.13. The third-order valence-electron chi connectivity index (χ3n) is 2.23. The molecular weight excluding hydrogens is 186 g/mol. The summed E-state index contributed by atoms with van der Waals surface area (Å²) in [4.78, 5) is 11.2. The molecule has 0 radical (unpaired) electrons. The van der Waals surface area contributed by atoms with Crippen LogP contribution in [0.1, 0.15) is 25.8 Å². The van der Waals surface area contributed by atoms with E-state index in [1.165, 1.54) is 5.56 Å². The Morgan fingerprint density at radius 1 is 1.33 bits per heavy atom. The summed E-state index contributed by atoms with van der Waals surface area (Å²) in [7, 11) is 0. The summed E-state index contributed by atoms with van der Waals surface area (Å²) in [5.41, 5.74) is 2.00. The van der Waals surface area contributed by atoms with Crippen LogP contribution in [0.2, 0.25) is 0 Å². The van der Waals surface area contributed by atoms with Crippen LogP contribution in [-0.2, 0) is 11.3 Å². The molecule has 0 saturated carbocycles. The van der Waals surface area contributed by atoms with E-state index >= 15 is 0 Å². The maximum absolute atomic E-state index is 11.2. The molecule has 0 bridgehead atoms. The molecule has 80 valence electrons. The normalized spacial score (nSPS) is 11.2. The van der Waals surface area contributed by atoms with E-state index in [9.17, 15) is 4.79 Å². The van der Waals surface area contributed by atoms with Gasteiger partial charge in [-0.1, -0.05) is 37.3 Å². The molecule has 0 aliphatic heterocycles. The Bertz CT molecular complexity index is 341. The summed E-state index contributed by atoms with van der Waals surface area (Å²) >= 11 is 0. The molecule has 0 aliphatic carbocycles.